The molecule has 0 bridgehead atoms. The molecule has 1 aliphatic rings. The van der Waals surface area contributed by atoms with Crippen LogP contribution >= 0.6 is 0 Å². The number of anilines is 1. The molecule has 0 spiro atoms. The molecule has 160 valence electrons. The Hall–Kier alpha value is -2.71. The zero-order chi connectivity index (χ0) is 21.5. The largest absolute Gasteiger partial charge is 0.418 e. The van der Waals surface area contributed by atoms with E-state index >= 15 is 0 Å². The lowest BCUT2D eigenvalue weighted by Crippen LogP contribution is -2.32. The topological polar surface area (TPSA) is 68.0 Å². The number of aromatic nitrogens is 5. The molecule has 0 aromatic carbocycles. The van der Waals surface area contributed by atoms with Crippen molar-refractivity contribution < 1.29 is 13.2 Å². The van der Waals surface area contributed by atoms with E-state index < -0.39 is 11.7 Å². The number of hydrogen-bond donors (Lipinski definition) is 1. The predicted molar refractivity (Wildman–Crippen MR) is 108 cm³/mol. The number of halogens is 3. The fraction of sp³-hybridized carbons (Fsp3) is 0.524. The minimum Gasteiger partial charge on any atom is -0.350 e. The third-order valence-corrected chi connectivity index (χ3v) is 5.93. The molecule has 1 aliphatic carbocycles. The Morgan fingerprint density at radius 3 is 2.47 bits per heavy atom. The molecule has 3 aromatic rings. The number of nitrogens with zero attached hydrogens (tertiary/aromatic N) is 5. The van der Waals surface area contributed by atoms with Gasteiger partial charge in [-0.3, -0.25) is 4.98 Å². The Morgan fingerprint density at radius 2 is 1.80 bits per heavy atom. The van der Waals surface area contributed by atoms with E-state index in [1.54, 1.807) is 0 Å². The Bertz CT molecular complexity index is 1030. The standard InChI is InChI=1S/C21H25F3N6/c1-20(2,3)14-6-8-15(9-7-14)27-19-29-28-17-11-13(12-26-30(17)19)18-16(21(22,23)24)5-4-10-25-18/h4-5,10-12,14-15H,6-9H2,1-3H3,(H,27,29). The van der Waals surface area contributed by atoms with Gasteiger partial charge < -0.3 is 5.32 Å². The maximum absolute atomic E-state index is 13.3. The average Bonchev–Trinajstić information content (AvgIpc) is 3.09. The van der Waals surface area contributed by atoms with Gasteiger partial charge in [0.05, 0.1) is 17.5 Å². The summed E-state index contributed by atoms with van der Waals surface area (Å²) < 4.78 is 41.5. The highest BCUT2D eigenvalue weighted by Crippen LogP contribution is 2.38. The van der Waals surface area contributed by atoms with Crippen molar-refractivity contribution in [3.05, 3.63) is 36.2 Å². The van der Waals surface area contributed by atoms with Gasteiger partial charge in [-0.15, -0.1) is 10.2 Å². The number of hydrogen-bond acceptors (Lipinski definition) is 5. The Balaban J connectivity index is 1.55. The number of rotatable bonds is 3. The second-order valence-electron chi connectivity index (χ2n) is 8.99. The summed E-state index contributed by atoms with van der Waals surface area (Å²) in [5.41, 5.74) is -0.0366. The summed E-state index contributed by atoms with van der Waals surface area (Å²) in [5.74, 6) is 1.21. The number of fused-ring (bicyclic) bond motifs is 1. The molecule has 0 unspecified atom stereocenters. The quantitative estimate of drug-likeness (QED) is 0.631. The van der Waals surface area contributed by atoms with Crippen molar-refractivity contribution in [3.63, 3.8) is 0 Å². The Labute approximate surface area is 172 Å². The van der Waals surface area contributed by atoms with Crippen LogP contribution in [0.1, 0.15) is 52.0 Å². The van der Waals surface area contributed by atoms with Gasteiger partial charge in [-0.1, -0.05) is 20.8 Å². The summed E-state index contributed by atoms with van der Waals surface area (Å²) in [5, 5.41) is 15.9. The van der Waals surface area contributed by atoms with Gasteiger partial charge in [0.25, 0.3) is 0 Å². The first-order valence-electron chi connectivity index (χ1n) is 10.1. The normalized spacial score (nSPS) is 20.5. The van der Waals surface area contributed by atoms with Crippen molar-refractivity contribution in [2.24, 2.45) is 11.3 Å². The molecule has 1 saturated carbocycles. The third-order valence-electron chi connectivity index (χ3n) is 5.93. The van der Waals surface area contributed by atoms with E-state index in [1.807, 2.05) is 0 Å². The summed E-state index contributed by atoms with van der Waals surface area (Å²) in [7, 11) is 0. The molecule has 4 rings (SSSR count). The van der Waals surface area contributed by atoms with E-state index in [0.29, 0.717) is 22.9 Å². The zero-order valence-electron chi connectivity index (χ0n) is 17.2. The molecule has 3 heterocycles. The van der Waals surface area contributed by atoms with E-state index in [1.165, 1.54) is 29.0 Å². The molecule has 1 fully saturated rings. The minimum atomic E-state index is -4.50. The number of pyridine rings is 1. The van der Waals surface area contributed by atoms with Crippen molar-refractivity contribution in [1.29, 1.82) is 0 Å². The summed E-state index contributed by atoms with van der Waals surface area (Å²) in [6, 6.07) is 4.09. The average molecular weight is 418 g/mol. The minimum absolute atomic E-state index is 0.169. The fourth-order valence-corrected chi connectivity index (χ4v) is 4.16. The summed E-state index contributed by atoms with van der Waals surface area (Å²) in [6.07, 6.45) is 2.58. The molecule has 3 aromatic heterocycles. The van der Waals surface area contributed by atoms with E-state index in [2.05, 4.69) is 46.4 Å². The predicted octanol–water partition coefficient (Wildman–Crippen LogP) is 5.22. The molecule has 0 radical (unpaired) electrons. The van der Waals surface area contributed by atoms with Crippen LogP contribution in [0.2, 0.25) is 0 Å². The highest BCUT2D eigenvalue weighted by atomic mass is 19.4. The molecular weight excluding hydrogens is 393 g/mol. The van der Waals surface area contributed by atoms with E-state index in [0.717, 1.165) is 31.7 Å². The van der Waals surface area contributed by atoms with Crippen LogP contribution in [0.4, 0.5) is 19.1 Å². The molecule has 6 nitrogen and oxygen atoms in total. The lowest BCUT2D eigenvalue weighted by atomic mass is 9.71. The first kappa shape index (κ1) is 20.6. The second-order valence-corrected chi connectivity index (χ2v) is 8.99. The van der Waals surface area contributed by atoms with Crippen LogP contribution in [-0.4, -0.2) is 30.8 Å². The van der Waals surface area contributed by atoms with Crippen LogP contribution in [0, 0.1) is 11.3 Å². The second kappa shape index (κ2) is 7.52. The van der Waals surface area contributed by atoms with Crippen LogP contribution in [-0.2, 0) is 6.18 Å². The molecule has 0 saturated heterocycles. The highest BCUT2D eigenvalue weighted by molar-refractivity contribution is 5.66. The van der Waals surface area contributed by atoms with Crippen LogP contribution in [0.25, 0.3) is 16.9 Å². The van der Waals surface area contributed by atoms with Crippen molar-refractivity contribution in [1.82, 2.24) is 24.8 Å². The van der Waals surface area contributed by atoms with Gasteiger partial charge in [0, 0.05) is 17.8 Å². The van der Waals surface area contributed by atoms with Gasteiger partial charge in [0.1, 0.15) is 0 Å². The first-order valence-corrected chi connectivity index (χ1v) is 10.1. The zero-order valence-corrected chi connectivity index (χ0v) is 17.2. The van der Waals surface area contributed by atoms with Gasteiger partial charge in [0.15, 0.2) is 5.65 Å². The van der Waals surface area contributed by atoms with Gasteiger partial charge in [0.2, 0.25) is 5.95 Å². The van der Waals surface area contributed by atoms with Crippen LogP contribution < -0.4 is 5.32 Å². The van der Waals surface area contributed by atoms with Crippen LogP contribution in [0.5, 0.6) is 0 Å². The van der Waals surface area contributed by atoms with Gasteiger partial charge in [-0.05, 0) is 55.2 Å². The van der Waals surface area contributed by atoms with Gasteiger partial charge in [-0.2, -0.15) is 22.8 Å². The van der Waals surface area contributed by atoms with Gasteiger partial charge >= 0.3 is 6.18 Å². The van der Waals surface area contributed by atoms with Gasteiger partial charge in [-0.25, -0.2) is 0 Å². The van der Waals surface area contributed by atoms with E-state index in [-0.39, 0.29) is 17.3 Å². The van der Waals surface area contributed by atoms with Crippen molar-refractivity contribution >= 4 is 11.6 Å². The van der Waals surface area contributed by atoms with Crippen molar-refractivity contribution in [2.75, 3.05) is 5.32 Å². The lowest BCUT2D eigenvalue weighted by Gasteiger charge is -2.37. The summed E-state index contributed by atoms with van der Waals surface area (Å²) in [6.45, 7) is 6.85. The number of nitrogens with one attached hydrogen (secondary N) is 1. The smallest absolute Gasteiger partial charge is 0.350 e. The maximum Gasteiger partial charge on any atom is 0.418 e. The van der Waals surface area contributed by atoms with Crippen LogP contribution in [0.15, 0.2) is 30.6 Å². The third kappa shape index (κ3) is 4.11. The highest BCUT2D eigenvalue weighted by Gasteiger charge is 2.34. The maximum atomic E-state index is 13.3. The monoisotopic (exact) mass is 418 g/mol. The molecule has 0 atom stereocenters. The fourth-order valence-electron chi connectivity index (χ4n) is 4.16. The van der Waals surface area contributed by atoms with E-state index in [4.69, 9.17) is 0 Å². The lowest BCUT2D eigenvalue weighted by molar-refractivity contribution is -0.137. The molecule has 30 heavy (non-hydrogen) atoms. The first-order chi connectivity index (χ1) is 14.1. The molecular formula is C21H25F3N6. The summed E-state index contributed by atoms with van der Waals surface area (Å²) in [4.78, 5) is 3.92. The Kier molecular flexibility index (Phi) is 5.15. The number of alkyl halides is 3. The van der Waals surface area contributed by atoms with Crippen molar-refractivity contribution in [2.45, 2.75) is 58.7 Å². The van der Waals surface area contributed by atoms with Crippen molar-refractivity contribution in [3.8, 4) is 11.3 Å². The molecule has 9 heteroatoms. The molecule has 0 amide bonds. The molecule has 0 aliphatic heterocycles. The Morgan fingerprint density at radius 1 is 1.07 bits per heavy atom. The van der Waals surface area contributed by atoms with Crippen LogP contribution in [0.3, 0.4) is 0 Å². The SMILES string of the molecule is CC(C)(C)C1CCC(Nc2nnc3cc(-c4ncccc4C(F)(F)F)cnn23)CC1. The van der Waals surface area contributed by atoms with E-state index in [9.17, 15) is 13.2 Å². The summed E-state index contributed by atoms with van der Waals surface area (Å²) >= 11 is 0. The molecule has 1 N–H and O–H groups in total.